The van der Waals surface area contributed by atoms with E-state index in [9.17, 15) is 19.8 Å². The lowest BCUT2D eigenvalue weighted by molar-refractivity contribution is -0.302. The Morgan fingerprint density at radius 3 is 1.77 bits per heavy atom. The van der Waals surface area contributed by atoms with Crippen molar-refractivity contribution in [3.63, 3.8) is 0 Å². The molecule has 2 aromatic rings. The van der Waals surface area contributed by atoms with E-state index in [-0.39, 0.29) is 11.1 Å². The molecule has 0 heterocycles. The highest BCUT2D eigenvalue weighted by atomic mass is 127. The summed E-state index contributed by atoms with van der Waals surface area (Å²) in [5, 5.41) is 25.2. The van der Waals surface area contributed by atoms with Crippen LogP contribution in [0.5, 0.6) is 0 Å². The maximum Gasteiger partial charge on any atom is 0.0695 e. The number of alkyl halides is 1. The molecule has 0 saturated heterocycles. The molecule has 4 nitrogen and oxygen atoms in total. The summed E-state index contributed by atoms with van der Waals surface area (Å²) in [7, 11) is 0. The van der Waals surface area contributed by atoms with Gasteiger partial charge in [-0.05, 0) is 46.6 Å². The van der Waals surface area contributed by atoms with Gasteiger partial charge >= 0.3 is 0 Å². The molecule has 0 radical (unpaired) electrons. The number of carbonyl (C=O) groups is 2. The van der Waals surface area contributed by atoms with Crippen molar-refractivity contribution in [1.29, 1.82) is 0 Å². The molecular formula is C24H20I2O4-2. The number of rotatable bonds is 6. The zero-order valence-electron chi connectivity index (χ0n) is 16.6. The third kappa shape index (κ3) is 3.32. The number of allylic oxidation sites excluding steroid dienone is 2. The highest BCUT2D eigenvalue weighted by Crippen LogP contribution is 2.62. The topological polar surface area (TPSA) is 80.3 Å². The van der Waals surface area contributed by atoms with Crippen LogP contribution < -0.4 is 10.2 Å². The first-order valence-corrected chi connectivity index (χ1v) is 11.8. The minimum Gasteiger partial charge on any atom is -0.545 e. The third-order valence-electron chi connectivity index (χ3n) is 5.94. The summed E-state index contributed by atoms with van der Waals surface area (Å²) in [6, 6.07) is 18.3. The fourth-order valence-corrected chi connectivity index (χ4v) is 7.38. The molecule has 6 heteroatoms. The van der Waals surface area contributed by atoms with Crippen LogP contribution in [0, 0.1) is 0 Å². The minimum atomic E-state index is -1.29. The molecule has 0 spiro atoms. The van der Waals surface area contributed by atoms with Crippen molar-refractivity contribution in [3.05, 3.63) is 86.5 Å². The lowest BCUT2D eigenvalue weighted by Gasteiger charge is -2.54. The van der Waals surface area contributed by atoms with Crippen molar-refractivity contribution in [2.24, 2.45) is 0 Å². The van der Waals surface area contributed by atoms with E-state index in [1.807, 2.05) is 72.8 Å². The smallest absolute Gasteiger partial charge is 0.0695 e. The predicted octanol–water partition coefficient (Wildman–Crippen LogP) is 3.57. The zero-order valence-corrected chi connectivity index (χ0v) is 20.9. The van der Waals surface area contributed by atoms with Crippen LogP contribution in [0.1, 0.15) is 37.8 Å². The molecule has 156 valence electrons. The largest absolute Gasteiger partial charge is 0.545 e. The van der Waals surface area contributed by atoms with Crippen LogP contribution in [0.3, 0.4) is 0 Å². The summed E-state index contributed by atoms with van der Waals surface area (Å²) in [5.41, 5.74) is 0.947. The van der Waals surface area contributed by atoms with Gasteiger partial charge in [-0.3, -0.25) is 0 Å². The summed E-state index contributed by atoms with van der Waals surface area (Å²) in [6.07, 6.45) is 0.791. The van der Waals surface area contributed by atoms with Gasteiger partial charge in [0.15, 0.2) is 0 Å². The molecule has 2 aromatic carbocycles. The van der Waals surface area contributed by atoms with Crippen LogP contribution in [-0.4, -0.2) is 15.4 Å². The Balaban J connectivity index is 2.56. The second-order valence-corrected chi connectivity index (χ2v) is 10.1. The van der Waals surface area contributed by atoms with Gasteiger partial charge in [0.2, 0.25) is 0 Å². The van der Waals surface area contributed by atoms with Gasteiger partial charge in [-0.1, -0.05) is 97.1 Å². The third-order valence-corrected chi connectivity index (χ3v) is 9.24. The van der Waals surface area contributed by atoms with Crippen LogP contribution in [0.4, 0.5) is 0 Å². The van der Waals surface area contributed by atoms with Gasteiger partial charge in [0.1, 0.15) is 0 Å². The number of carbonyl (C=O) groups excluding carboxylic acids is 2. The molecule has 0 aliphatic heterocycles. The number of hydrogen-bond acceptors (Lipinski definition) is 4. The Hall–Kier alpha value is -1.68. The van der Waals surface area contributed by atoms with Crippen molar-refractivity contribution in [2.45, 2.75) is 35.5 Å². The second kappa shape index (κ2) is 8.82. The molecule has 0 amide bonds. The molecule has 30 heavy (non-hydrogen) atoms. The number of carboxylic acids is 2. The first-order chi connectivity index (χ1) is 14.3. The van der Waals surface area contributed by atoms with E-state index in [1.165, 1.54) is 0 Å². The van der Waals surface area contributed by atoms with Gasteiger partial charge in [-0.25, -0.2) is 0 Å². The van der Waals surface area contributed by atoms with E-state index >= 15 is 0 Å². The van der Waals surface area contributed by atoms with Crippen LogP contribution in [0.2, 0.25) is 0 Å². The van der Waals surface area contributed by atoms with Crippen LogP contribution >= 0.6 is 45.2 Å². The highest BCUT2D eigenvalue weighted by Gasteiger charge is 2.57. The van der Waals surface area contributed by atoms with Gasteiger partial charge in [0, 0.05) is 25.7 Å². The molecule has 0 N–H and O–H groups in total. The van der Waals surface area contributed by atoms with Crippen molar-refractivity contribution >= 4 is 62.7 Å². The monoisotopic (exact) mass is 626 g/mol. The van der Waals surface area contributed by atoms with Gasteiger partial charge in [-0.15, -0.1) is 0 Å². The van der Waals surface area contributed by atoms with Gasteiger partial charge in [-0.2, -0.15) is 0 Å². The average Bonchev–Trinajstić information content (AvgIpc) is 2.75. The lowest BCUT2D eigenvalue weighted by Crippen LogP contribution is -2.57. The van der Waals surface area contributed by atoms with Crippen molar-refractivity contribution in [2.75, 3.05) is 0 Å². The quantitative estimate of drug-likeness (QED) is 0.363. The van der Waals surface area contributed by atoms with E-state index in [4.69, 9.17) is 0 Å². The fraction of sp³-hybridized carbons (Fsp3) is 0.250. The lowest BCUT2D eigenvalue weighted by atomic mass is 9.57. The summed E-state index contributed by atoms with van der Waals surface area (Å²) in [5.74, 6) is -2.57. The summed E-state index contributed by atoms with van der Waals surface area (Å²) < 4.78 is -0.681. The molecule has 2 unspecified atom stereocenters. The summed E-state index contributed by atoms with van der Waals surface area (Å²) >= 11 is 4.11. The summed E-state index contributed by atoms with van der Waals surface area (Å²) in [4.78, 5) is 25.2. The number of aliphatic carboxylic acids is 2. The maximum atomic E-state index is 12.6. The molecule has 0 aromatic heterocycles. The fourth-order valence-electron chi connectivity index (χ4n) is 4.67. The summed E-state index contributed by atoms with van der Waals surface area (Å²) in [6.45, 7) is 3.78. The maximum absolute atomic E-state index is 12.6. The Labute approximate surface area is 203 Å². The Bertz CT molecular complexity index is 1040. The standard InChI is InChI=1S/C24H22I2O4/c1-3-23(16-13-9-6-10-14-16)19(22(29)30)20(25)17(15-11-7-5-8-12-15)18(21(27)28)24(23,26)4-2/h5-14H,3-4H2,1-2H3,(H,27,28)(H,29,30)/p-2. The molecule has 1 aliphatic carbocycles. The number of halogens is 2. The zero-order chi connectivity index (χ0) is 22.1. The van der Waals surface area contributed by atoms with Crippen LogP contribution in [-0.2, 0) is 15.0 Å². The number of benzene rings is 2. The number of carboxylic acid groups (broad SMARTS) is 2. The van der Waals surface area contributed by atoms with E-state index in [1.54, 1.807) is 24.3 Å². The average molecular weight is 626 g/mol. The molecule has 0 bridgehead atoms. The van der Waals surface area contributed by atoms with Gasteiger partial charge in [0.05, 0.1) is 15.4 Å². The van der Waals surface area contributed by atoms with E-state index in [2.05, 4.69) is 22.6 Å². The highest BCUT2D eigenvalue weighted by molar-refractivity contribution is 14.1. The van der Waals surface area contributed by atoms with Crippen molar-refractivity contribution < 1.29 is 19.8 Å². The predicted molar refractivity (Wildman–Crippen MR) is 130 cm³/mol. The molecule has 3 rings (SSSR count). The normalized spacial score (nSPS) is 24.1. The molecule has 2 atom stereocenters. The van der Waals surface area contributed by atoms with Crippen LogP contribution in [0.25, 0.3) is 5.57 Å². The molecule has 0 fully saturated rings. The van der Waals surface area contributed by atoms with Crippen LogP contribution in [0.15, 0.2) is 75.4 Å². The minimum absolute atomic E-state index is 0.122. The van der Waals surface area contributed by atoms with Gasteiger partial charge in [0.25, 0.3) is 0 Å². The first-order valence-electron chi connectivity index (χ1n) is 9.64. The Kier molecular flexibility index (Phi) is 6.76. The van der Waals surface area contributed by atoms with Crippen molar-refractivity contribution in [1.82, 2.24) is 0 Å². The SMILES string of the molecule is CCC1(I)C(C(=O)[O-])=C(c2ccccc2)C(I)=C(C(=O)[O-])C1(CC)c1ccccc1. The first kappa shape index (κ1) is 23.0. The number of hydrogen-bond donors (Lipinski definition) is 0. The van der Waals surface area contributed by atoms with E-state index in [0.717, 1.165) is 5.56 Å². The molecule has 0 saturated carbocycles. The van der Waals surface area contributed by atoms with Gasteiger partial charge < -0.3 is 19.8 Å². The van der Waals surface area contributed by atoms with Crippen molar-refractivity contribution in [3.8, 4) is 0 Å². The molecular weight excluding hydrogens is 606 g/mol. The van der Waals surface area contributed by atoms with E-state index < -0.39 is 20.8 Å². The second-order valence-electron chi connectivity index (χ2n) is 7.16. The Morgan fingerprint density at radius 1 is 0.833 bits per heavy atom. The Morgan fingerprint density at radius 2 is 1.33 bits per heavy atom. The molecule has 1 aliphatic rings. The van der Waals surface area contributed by atoms with E-state index in [0.29, 0.717) is 27.6 Å².